The maximum absolute atomic E-state index is 11.0. The zero-order chi connectivity index (χ0) is 14.5. The predicted molar refractivity (Wildman–Crippen MR) is 76.6 cm³/mol. The minimum Gasteiger partial charge on any atom is -0.377 e. The summed E-state index contributed by atoms with van der Waals surface area (Å²) in [6.45, 7) is 5.17. The number of hydrogen-bond donors (Lipinski definition) is 1. The van der Waals surface area contributed by atoms with Gasteiger partial charge in [0.05, 0.1) is 16.6 Å². The lowest BCUT2D eigenvalue weighted by atomic mass is 10.0. The zero-order valence-electron chi connectivity index (χ0n) is 11.5. The van der Waals surface area contributed by atoms with Gasteiger partial charge in [0, 0.05) is 25.2 Å². The first-order chi connectivity index (χ1) is 9.63. The van der Waals surface area contributed by atoms with E-state index in [4.69, 9.17) is 5.26 Å². The van der Waals surface area contributed by atoms with E-state index in [0.717, 1.165) is 32.5 Å². The number of nitrogens with one attached hydrogen (secondary N) is 1. The minimum atomic E-state index is -0.412. The van der Waals surface area contributed by atoms with Gasteiger partial charge < -0.3 is 10.2 Å². The molecule has 1 aromatic rings. The highest BCUT2D eigenvalue weighted by atomic mass is 16.6. The van der Waals surface area contributed by atoms with Crippen molar-refractivity contribution in [3.8, 4) is 6.07 Å². The molecule has 0 aliphatic carbocycles. The van der Waals surface area contributed by atoms with Gasteiger partial charge in [0.1, 0.15) is 5.69 Å². The van der Waals surface area contributed by atoms with Gasteiger partial charge in [0.25, 0.3) is 5.69 Å². The van der Waals surface area contributed by atoms with E-state index in [1.807, 2.05) is 6.07 Å². The molecule has 1 aliphatic heterocycles. The monoisotopic (exact) mass is 274 g/mol. The molecule has 106 valence electrons. The molecular formula is C14H18N4O2. The van der Waals surface area contributed by atoms with Crippen molar-refractivity contribution in [2.75, 3.05) is 25.0 Å². The summed E-state index contributed by atoms with van der Waals surface area (Å²) < 4.78 is 0. The Labute approximate surface area is 118 Å². The smallest absolute Gasteiger partial charge is 0.292 e. The van der Waals surface area contributed by atoms with Crippen LogP contribution in [0.4, 0.5) is 11.4 Å². The van der Waals surface area contributed by atoms with Crippen LogP contribution in [0.2, 0.25) is 0 Å². The lowest BCUT2D eigenvalue weighted by Crippen LogP contribution is -2.38. The molecule has 6 heteroatoms. The number of benzene rings is 1. The molecule has 1 fully saturated rings. The Morgan fingerprint density at radius 2 is 2.20 bits per heavy atom. The highest BCUT2D eigenvalue weighted by Crippen LogP contribution is 2.27. The first kappa shape index (κ1) is 14.3. The summed E-state index contributed by atoms with van der Waals surface area (Å²) in [5.41, 5.74) is 0.912. The molecule has 6 nitrogen and oxygen atoms in total. The van der Waals surface area contributed by atoms with Crippen molar-refractivity contribution < 1.29 is 4.92 Å². The second kappa shape index (κ2) is 6.35. The van der Waals surface area contributed by atoms with Gasteiger partial charge in [0.15, 0.2) is 0 Å². The number of nitrogens with zero attached hydrogens (tertiary/aromatic N) is 3. The van der Waals surface area contributed by atoms with Crippen LogP contribution >= 0.6 is 0 Å². The summed E-state index contributed by atoms with van der Waals surface area (Å²) in [5.74, 6) is 0. The van der Waals surface area contributed by atoms with Crippen LogP contribution in [0.1, 0.15) is 25.3 Å². The molecule has 1 N–H and O–H groups in total. The third-order valence-corrected chi connectivity index (χ3v) is 3.72. The standard InChI is InChI=1S/C14H18N4O2/c1-2-17-7-5-12(6-8-17)16-13-9-11(10-15)3-4-14(13)18(19)20/h3-4,9,12,16H,2,5-8H2,1H3. The molecule has 0 unspecified atom stereocenters. The fourth-order valence-electron chi connectivity index (χ4n) is 2.49. The number of rotatable bonds is 4. The Hall–Kier alpha value is -2.13. The van der Waals surface area contributed by atoms with Crippen LogP contribution < -0.4 is 5.32 Å². The van der Waals surface area contributed by atoms with E-state index in [1.165, 1.54) is 12.1 Å². The van der Waals surface area contributed by atoms with Crippen LogP contribution in [0.5, 0.6) is 0 Å². The van der Waals surface area contributed by atoms with Crippen LogP contribution in [0.3, 0.4) is 0 Å². The topological polar surface area (TPSA) is 82.2 Å². The summed E-state index contributed by atoms with van der Waals surface area (Å²) in [4.78, 5) is 13.0. The van der Waals surface area contributed by atoms with Crippen molar-refractivity contribution in [3.63, 3.8) is 0 Å². The van der Waals surface area contributed by atoms with E-state index < -0.39 is 4.92 Å². The Morgan fingerprint density at radius 3 is 2.75 bits per heavy atom. The zero-order valence-corrected chi connectivity index (χ0v) is 11.5. The van der Waals surface area contributed by atoms with Crippen molar-refractivity contribution >= 4 is 11.4 Å². The molecule has 0 atom stereocenters. The van der Waals surface area contributed by atoms with Gasteiger partial charge in [-0.25, -0.2) is 0 Å². The molecule has 1 aromatic carbocycles. The lowest BCUT2D eigenvalue weighted by molar-refractivity contribution is -0.384. The first-order valence-corrected chi connectivity index (χ1v) is 6.81. The van der Waals surface area contributed by atoms with Gasteiger partial charge >= 0.3 is 0 Å². The lowest BCUT2D eigenvalue weighted by Gasteiger charge is -2.31. The maximum Gasteiger partial charge on any atom is 0.292 e. The molecular weight excluding hydrogens is 256 g/mol. The SMILES string of the molecule is CCN1CCC(Nc2cc(C#N)ccc2[N+](=O)[O-])CC1. The molecule has 1 aliphatic rings. The van der Waals surface area contributed by atoms with Crippen molar-refractivity contribution in [1.82, 2.24) is 4.90 Å². The number of piperidine rings is 1. The van der Waals surface area contributed by atoms with Gasteiger partial charge in [-0.1, -0.05) is 6.92 Å². The van der Waals surface area contributed by atoms with Crippen molar-refractivity contribution in [2.24, 2.45) is 0 Å². The third kappa shape index (κ3) is 3.25. The fraction of sp³-hybridized carbons (Fsp3) is 0.500. The summed E-state index contributed by atoms with van der Waals surface area (Å²) in [5, 5.41) is 23.2. The highest BCUT2D eigenvalue weighted by Gasteiger charge is 2.21. The van der Waals surface area contributed by atoms with E-state index in [9.17, 15) is 10.1 Å². The molecule has 1 heterocycles. The molecule has 2 rings (SSSR count). The Morgan fingerprint density at radius 1 is 1.50 bits per heavy atom. The summed E-state index contributed by atoms with van der Waals surface area (Å²) in [7, 11) is 0. The number of likely N-dealkylation sites (tertiary alicyclic amines) is 1. The predicted octanol–water partition coefficient (Wildman–Crippen LogP) is 2.36. The summed E-state index contributed by atoms with van der Waals surface area (Å²) in [6.07, 6.45) is 1.92. The van der Waals surface area contributed by atoms with Gasteiger partial charge in [-0.05, 0) is 31.5 Å². The quantitative estimate of drug-likeness (QED) is 0.673. The summed E-state index contributed by atoms with van der Waals surface area (Å²) in [6, 6.07) is 6.67. The molecule has 0 bridgehead atoms. The molecule has 0 spiro atoms. The second-order valence-electron chi connectivity index (χ2n) is 4.95. The van der Waals surface area contributed by atoms with Gasteiger partial charge in [-0.2, -0.15) is 5.26 Å². The van der Waals surface area contributed by atoms with Crippen molar-refractivity contribution in [3.05, 3.63) is 33.9 Å². The number of nitro benzene ring substituents is 1. The van der Waals surface area contributed by atoms with E-state index in [0.29, 0.717) is 11.3 Å². The maximum atomic E-state index is 11.0. The van der Waals surface area contributed by atoms with E-state index >= 15 is 0 Å². The molecule has 0 aromatic heterocycles. The number of anilines is 1. The van der Waals surface area contributed by atoms with Crippen LogP contribution in [-0.4, -0.2) is 35.5 Å². The second-order valence-corrected chi connectivity index (χ2v) is 4.95. The molecule has 0 amide bonds. The average Bonchev–Trinajstić information content (AvgIpc) is 2.47. The van der Waals surface area contributed by atoms with E-state index in [1.54, 1.807) is 6.07 Å². The van der Waals surface area contributed by atoms with Crippen LogP contribution in [0.15, 0.2) is 18.2 Å². The largest absolute Gasteiger partial charge is 0.377 e. The van der Waals surface area contributed by atoms with Crippen molar-refractivity contribution in [2.45, 2.75) is 25.8 Å². The third-order valence-electron chi connectivity index (χ3n) is 3.72. The number of nitriles is 1. The number of hydrogen-bond acceptors (Lipinski definition) is 5. The molecule has 0 saturated carbocycles. The first-order valence-electron chi connectivity index (χ1n) is 6.81. The van der Waals surface area contributed by atoms with Gasteiger partial charge in [-0.3, -0.25) is 10.1 Å². The van der Waals surface area contributed by atoms with Crippen LogP contribution in [0, 0.1) is 21.4 Å². The fourth-order valence-corrected chi connectivity index (χ4v) is 2.49. The molecule has 20 heavy (non-hydrogen) atoms. The molecule has 0 radical (unpaired) electrons. The number of nitro groups is 1. The van der Waals surface area contributed by atoms with E-state index in [-0.39, 0.29) is 11.7 Å². The Kier molecular flexibility index (Phi) is 4.53. The van der Waals surface area contributed by atoms with Gasteiger partial charge in [0.2, 0.25) is 0 Å². The van der Waals surface area contributed by atoms with Crippen LogP contribution in [-0.2, 0) is 0 Å². The van der Waals surface area contributed by atoms with Crippen molar-refractivity contribution in [1.29, 1.82) is 5.26 Å². The van der Waals surface area contributed by atoms with Crippen LogP contribution in [0.25, 0.3) is 0 Å². The summed E-state index contributed by atoms with van der Waals surface area (Å²) >= 11 is 0. The van der Waals surface area contributed by atoms with E-state index in [2.05, 4.69) is 17.1 Å². The Balaban J connectivity index is 2.12. The Bertz CT molecular complexity index is 530. The minimum absolute atomic E-state index is 0.0296. The van der Waals surface area contributed by atoms with Gasteiger partial charge in [-0.15, -0.1) is 0 Å². The average molecular weight is 274 g/mol. The normalized spacial score (nSPS) is 16.6. The highest BCUT2D eigenvalue weighted by molar-refractivity contribution is 5.64. The molecule has 1 saturated heterocycles.